The first kappa shape index (κ1) is 10.5. The summed E-state index contributed by atoms with van der Waals surface area (Å²) in [5.41, 5.74) is 2.27. The molecule has 0 saturated heterocycles. The molecule has 0 saturated carbocycles. The highest BCUT2D eigenvalue weighted by atomic mass is 32.2. The molecule has 13 heavy (non-hydrogen) atoms. The molecule has 1 N–H and O–H groups in total. The number of hydrogen-bond acceptors (Lipinski definition) is 2. The van der Waals surface area contributed by atoms with E-state index in [2.05, 4.69) is 13.0 Å². The first-order valence-electron chi connectivity index (χ1n) is 4.60. The van der Waals surface area contributed by atoms with E-state index < -0.39 is 0 Å². The first-order chi connectivity index (χ1) is 6.24. The first-order valence-corrected chi connectivity index (χ1v) is 5.75. The lowest BCUT2D eigenvalue weighted by Crippen LogP contribution is -1.85. The fourth-order valence-electron chi connectivity index (χ4n) is 1.16. The number of phenols is 1. The van der Waals surface area contributed by atoms with Crippen LogP contribution < -0.4 is 0 Å². The van der Waals surface area contributed by atoms with Gasteiger partial charge < -0.3 is 5.11 Å². The third-order valence-electron chi connectivity index (χ3n) is 1.84. The van der Waals surface area contributed by atoms with Gasteiger partial charge in [-0.05, 0) is 25.2 Å². The third-order valence-corrected chi connectivity index (χ3v) is 3.05. The van der Waals surface area contributed by atoms with Crippen LogP contribution in [-0.4, -0.2) is 10.9 Å². The fourth-order valence-corrected chi connectivity index (χ4v) is 2.04. The van der Waals surface area contributed by atoms with Crippen molar-refractivity contribution in [3.05, 3.63) is 29.3 Å². The number of phenolic OH excluding ortho intramolecular Hbond substituents is 1. The highest BCUT2D eigenvalue weighted by Crippen LogP contribution is 2.23. The summed E-state index contributed by atoms with van der Waals surface area (Å²) < 4.78 is 0. The van der Waals surface area contributed by atoms with Crippen LogP contribution in [0.5, 0.6) is 5.75 Å². The van der Waals surface area contributed by atoms with Gasteiger partial charge >= 0.3 is 0 Å². The molecule has 2 heteroatoms. The Bertz CT molecular complexity index is 271. The van der Waals surface area contributed by atoms with E-state index in [1.165, 1.54) is 12.0 Å². The Morgan fingerprint density at radius 3 is 2.85 bits per heavy atom. The standard InChI is InChI=1S/C11H16OS/c1-3-6-13-8-10-7-9(2)4-5-11(10)12/h4-5,7,12H,3,6,8H2,1-2H3. The minimum absolute atomic E-state index is 0.425. The average Bonchev–Trinajstić information content (AvgIpc) is 2.11. The third kappa shape index (κ3) is 3.31. The zero-order valence-electron chi connectivity index (χ0n) is 8.21. The van der Waals surface area contributed by atoms with E-state index >= 15 is 0 Å². The molecule has 1 aromatic carbocycles. The number of aromatic hydroxyl groups is 1. The Hall–Kier alpha value is -0.630. The van der Waals surface area contributed by atoms with Gasteiger partial charge in [0, 0.05) is 11.3 Å². The second kappa shape index (κ2) is 5.18. The Kier molecular flexibility index (Phi) is 4.16. The number of hydrogen-bond donors (Lipinski definition) is 1. The number of rotatable bonds is 4. The molecule has 0 radical (unpaired) electrons. The Labute approximate surface area is 84.2 Å². The Morgan fingerprint density at radius 2 is 2.15 bits per heavy atom. The largest absolute Gasteiger partial charge is 0.508 e. The van der Waals surface area contributed by atoms with Crippen LogP contribution in [-0.2, 0) is 5.75 Å². The summed E-state index contributed by atoms with van der Waals surface area (Å²) in [5.74, 6) is 2.50. The molecule has 1 rings (SSSR count). The van der Waals surface area contributed by atoms with Crippen molar-refractivity contribution in [3.8, 4) is 5.75 Å². The maximum atomic E-state index is 9.52. The predicted molar refractivity (Wildman–Crippen MR) is 59.3 cm³/mol. The van der Waals surface area contributed by atoms with E-state index in [9.17, 15) is 5.11 Å². The molecule has 0 atom stereocenters. The summed E-state index contributed by atoms with van der Waals surface area (Å²) in [6.45, 7) is 4.22. The van der Waals surface area contributed by atoms with Gasteiger partial charge in [-0.2, -0.15) is 11.8 Å². The maximum Gasteiger partial charge on any atom is 0.119 e. The van der Waals surface area contributed by atoms with E-state index in [1.54, 1.807) is 6.07 Å². The molecule has 0 aromatic heterocycles. The lowest BCUT2D eigenvalue weighted by Gasteiger charge is -2.04. The smallest absolute Gasteiger partial charge is 0.119 e. The van der Waals surface area contributed by atoms with Crippen molar-refractivity contribution in [2.45, 2.75) is 26.0 Å². The van der Waals surface area contributed by atoms with Gasteiger partial charge in [-0.25, -0.2) is 0 Å². The van der Waals surface area contributed by atoms with Gasteiger partial charge in [-0.1, -0.05) is 24.6 Å². The summed E-state index contributed by atoms with van der Waals surface area (Å²) in [6.07, 6.45) is 1.19. The molecule has 0 aliphatic rings. The van der Waals surface area contributed by atoms with Crippen LogP contribution in [0.1, 0.15) is 24.5 Å². The van der Waals surface area contributed by atoms with Crippen molar-refractivity contribution in [1.82, 2.24) is 0 Å². The molecule has 0 aliphatic carbocycles. The normalized spacial score (nSPS) is 10.3. The Balaban J connectivity index is 2.59. The van der Waals surface area contributed by atoms with Crippen LogP contribution >= 0.6 is 11.8 Å². The molecule has 0 heterocycles. The number of thioether (sulfide) groups is 1. The van der Waals surface area contributed by atoms with Crippen molar-refractivity contribution < 1.29 is 5.11 Å². The molecule has 0 spiro atoms. The molecule has 0 unspecified atom stereocenters. The van der Waals surface area contributed by atoms with Crippen LogP contribution in [0.4, 0.5) is 0 Å². The predicted octanol–water partition coefficient (Wildman–Crippen LogP) is 3.34. The highest BCUT2D eigenvalue weighted by molar-refractivity contribution is 7.98. The zero-order valence-corrected chi connectivity index (χ0v) is 9.03. The number of benzene rings is 1. The van der Waals surface area contributed by atoms with Crippen molar-refractivity contribution in [2.75, 3.05) is 5.75 Å². The summed E-state index contributed by atoms with van der Waals surface area (Å²) in [7, 11) is 0. The van der Waals surface area contributed by atoms with Crippen molar-refractivity contribution in [3.63, 3.8) is 0 Å². The summed E-state index contributed by atoms with van der Waals surface area (Å²) in [4.78, 5) is 0. The van der Waals surface area contributed by atoms with E-state index in [0.717, 1.165) is 17.1 Å². The quantitative estimate of drug-likeness (QED) is 0.745. The van der Waals surface area contributed by atoms with E-state index in [-0.39, 0.29) is 0 Å². The van der Waals surface area contributed by atoms with Crippen LogP contribution in [0.2, 0.25) is 0 Å². The summed E-state index contributed by atoms with van der Waals surface area (Å²) >= 11 is 1.87. The zero-order chi connectivity index (χ0) is 9.68. The van der Waals surface area contributed by atoms with Crippen molar-refractivity contribution >= 4 is 11.8 Å². The molecule has 1 aromatic rings. The van der Waals surface area contributed by atoms with Gasteiger partial charge in [0.25, 0.3) is 0 Å². The molecule has 0 bridgehead atoms. The van der Waals surface area contributed by atoms with Gasteiger partial charge in [0.1, 0.15) is 5.75 Å². The molecule has 0 fully saturated rings. The van der Waals surface area contributed by atoms with Crippen LogP contribution in [0.25, 0.3) is 0 Å². The van der Waals surface area contributed by atoms with E-state index in [0.29, 0.717) is 5.75 Å². The molecule has 0 aliphatic heterocycles. The monoisotopic (exact) mass is 196 g/mol. The second-order valence-electron chi connectivity index (χ2n) is 3.18. The minimum atomic E-state index is 0.425. The van der Waals surface area contributed by atoms with Crippen molar-refractivity contribution in [2.24, 2.45) is 0 Å². The molecular formula is C11H16OS. The second-order valence-corrected chi connectivity index (χ2v) is 4.29. The SMILES string of the molecule is CCCSCc1cc(C)ccc1O. The van der Waals surface area contributed by atoms with Gasteiger partial charge in [-0.15, -0.1) is 0 Å². The lowest BCUT2D eigenvalue weighted by molar-refractivity contribution is 0.470. The van der Waals surface area contributed by atoms with Gasteiger partial charge in [0.2, 0.25) is 0 Å². The lowest BCUT2D eigenvalue weighted by atomic mass is 10.1. The number of aryl methyl sites for hydroxylation is 1. The topological polar surface area (TPSA) is 20.2 Å². The van der Waals surface area contributed by atoms with Gasteiger partial charge in [-0.3, -0.25) is 0 Å². The summed E-state index contributed by atoms with van der Waals surface area (Å²) in [5, 5.41) is 9.52. The van der Waals surface area contributed by atoms with Crippen LogP contribution in [0.3, 0.4) is 0 Å². The van der Waals surface area contributed by atoms with E-state index in [4.69, 9.17) is 0 Å². The van der Waals surface area contributed by atoms with Gasteiger partial charge in [0.15, 0.2) is 0 Å². The van der Waals surface area contributed by atoms with Crippen molar-refractivity contribution in [1.29, 1.82) is 0 Å². The minimum Gasteiger partial charge on any atom is -0.508 e. The average molecular weight is 196 g/mol. The molecular weight excluding hydrogens is 180 g/mol. The Morgan fingerprint density at radius 1 is 1.38 bits per heavy atom. The summed E-state index contributed by atoms with van der Waals surface area (Å²) in [6, 6.07) is 5.76. The van der Waals surface area contributed by atoms with Crippen LogP contribution in [0, 0.1) is 6.92 Å². The molecule has 0 amide bonds. The van der Waals surface area contributed by atoms with Crippen LogP contribution in [0.15, 0.2) is 18.2 Å². The molecule has 1 nitrogen and oxygen atoms in total. The molecule has 72 valence electrons. The highest BCUT2D eigenvalue weighted by Gasteiger charge is 2.00. The van der Waals surface area contributed by atoms with E-state index in [1.807, 2.05) is 24.8 Å². The fraction of sp³-hybridized carbons (Fsp3) is 0.455. The maximum absolute atomic E-state index is 9.52. The van der Waals surface area contributed by atoms with Gasteiger partial charge in [0.05, 0.1) is 0 Å².